The second-order valence-corrected chi connectivity index (χ2v) is 2.62. The number of urea groups is 1. The van der Waals surface area contributed by atoms with Crippen LogP contribution in [-0.2, 0) is 4.79 Å². The van der Waals surface area contributed by atoms with Crippen LogP contribution in [0.2, 0.25) is 0 Å². The number of amides is 3. The van der Waals surface area contributed by atoms with Crippen LogP contribution in [0.1, 0.15) is 11.6 Å². The lowest BCUT2D eigenvalue weighted by Crippen LogP contribution is -2.40. The topological polar surface area (TPSA) is 111 Å². The zero-order valence-corrected chi connectivity index (χ0v) is 7.31. The number of hydrogen-bond donors (Lipinski definition) is 3. The second kappa shape index (κ2) is 4.22. The van der Waals surface area contributed by atoms with Gasteiger partial charge in [0, 0.05) is 12.4 Å². The number of hydrogen-bond acceptors (Lipinski definition) is 3. The van der Waals surface area contributed by atoms with Crippen molar-refractivity contribution in [2.24, 2.45) is 11.5 Å². The van der Waals surface area contributed by atoms with Gasteiger partial charge >= 0.3 is 6.03 Å². The van der Waals surface area contributed by atoms with Gasteiger partial charge in [-0.2, -0.15) is 0 Å². The van der Waals surface area contributed by atoms with E-state index in [1.165, 1.54) is 12.4 Å². The molecule has 0 saturated heterocycles. The fourth-order valence-corrected chi connectivity index (χ4v) is 1.02. The second-order valence-electron chi connectivity index (χ2n) is 2.62. The van der Waals surface area contributed by atoms with Crippen molar-refractivity contribution in [3.63, 3.8) is 0 Å². The summed E-state index contributed by atoms with van der Waals surface area (Å²) in [5.41, 5.74) is 10.5. The summed E-state index contributed by atoms with van der Waals surface area (Å²) >= 11 is 0. The van der Waals surface area contributed by atoms with Crippen LogP contribution in [0.15, 0.2) is 24.5 Å². The average molecular weight is 194 g/mol. The largest absolute Gasteiger partial charge is 0.368 e. The summed E-state index contributed by atoms with van der Waals surface area (Å²) in [5, 5.41) is 2.23. The molecule has 6 heteroatoms. The molecule has 0 aliphatic carbocycles. The molecule has 74 valence electrons. The van der Waals surface area contributed by atoms with Crippen molar-refractivity contribution in [3.8, 4) is 0 Å². The third-order valence-corrected chi connectivity index (χ3v) is 1.61. The number of aromatic nitrogens is 1. The Labute approximate surface area is 80.3 Å². The summed E-state index contributed by atoms with van der Waals surface area (Å²) in [7, 11) is 0. The summed E-state index contributed by atoms with van der Waals surface area (Å²) in [6.07, 6.45) is 2.99. The highest BCUT2D eigenvalue weighted by Gasteiger charge is 2.18. The summed E-state index contributed by atoms with van der Waals surface area (Å²) in [5.74, 6) is -0.671. The summed E-state index contributed by atoms with van der Waals surface area (Å²) in [6.45, 7) is 0. The standard InChI is InChI=1S/C8H10N4O2/c9-7(13)6(12-8(10)14)5-1-3-11-4-2-5/h1-4,6H,(H2,9,13)(H3,10,12,14)/t6-/m0/s1. The molecular weight excluding hydrogens is 184 g/mol. The Hall–Kier alpha value is -2.11. The third-order valence-electron chi connectivity index (χ3n) is 1.61. The van der Waals surface area contributed by atoms with Crippen LogP contribution in [-0.4, -0.2) is 16.9 Å². The first kappa shape index (κ1) is 9.97. The molecule has 1 atom stereocenters. The fourth-order valence-electron chi connectivity index (χ4n) is 1.02. The Morgan fingerprint density at radius 1 is 1.29 bits per heavy atom. The monoisotopic (exact) mass is 194 g/mol. The minimum absolute atomic E-state index is 0.548. The summed E-state index contributed by atoms with van der Waals surface area (Å²) in [4.78, 5) is 25.3. The smallest absolute Gasteiger partial charge is 0.313 e. The van der Waals surface area contributed by atoms with Crippen LogP contribution < -0.4 is 16.8 Å². The van der Waals surface area contributed by atoms with Gasteiger partial charge in [0.25, 0.3) is 0 Å². The molecule has 0 bridgehead atoms. The first-order valence-electron chi connectivity index (χ1n) is 3.86. The van der Waals surface area contributed by atoms with Gasteiger partial charge in [-0.05, 0) is 17.7 Å². The average Bonchev–Trinajstić information content (AvgIpc) is 2.15. The Morgan fingerprint density at radius 3 is 2.29 bits per heavy atom. The lowest BCUT2D eigenvalue weighted by molar-refractivity contribution is -0.119. The van der Waals surface area contributed by atoms with Crippen LogP contribution in [0.5, 0.6) is 0 Å². The van der Waals surface area contributed by atoms with Gasteiger partial charge < -0.3 is 16.8 Å². The van der Waals surface area contributed by atoms with E-state index < -0.39 is 18.0 Å². The maximum absolute atomic E-state index is 11.0. The van der Waals surface area contributed by atoms with Crippen LogP contribution in [0.25, 0.3) is 0 Å². The number of carbonyl (C=O) groups is 2. The summed E-state index contributed by atoms with van der Waals surface area (Å²) < 4.78 is 0. The molecule has 0 unspecified atom stereocenters. The van der Waals surface area contributed by atoms with Gasteiger partial charge in [0.2, 0.25) is 5.91 Å². The maximum Gasteiger partial charge on any atom is 0.313 e. The fraction of sp³-hybridized carbons (Fsp3) is 0.125. The van der Waals surface area contributed by atoms with E-state index in [1.54, 1.807) is 12.1 Å². The number of primary amides is 2. The van der Waals surface area contributed by atoms with Crippen LogP contribution in [0, 0.1) is 0 Å². The first-order chi connectivity index (χ1) is 6.61. The molecule has 1 aromatic heterocycles. The minimum Gasteiger partial charge on any atom is -0.368 e. The van der Waals surface area contributed by atoms with Crippen molar-refractivity contribution in [2.75, 3.05) is 0 Å². The number of rotatable bonds is 3. The van der Waals surface area contributed by atoms with E-state index in [-0.39, 0.29) is 0 Å². The van der Waals surface area contributed by atoms with Crippen molar-refractivity contribution in [1.82, 2.24) is 10.3 Å². The van der Waals surface area contributed by atoms with E-state index in [0.717, 1.165) is 0 Å². The highest BCUT2D eigenvalue weighted by atomic mass is 16.2. The molecule has 1 heterocycles. The molecule has 6 nitrogen and oxygen atoms in total. The minimum atomic E-state index is -0.907. The molecule has 0 aliphatic rings. The van der Waals surface area contributed by atoms with Crippen molar-refractivity contribution >= 4 is 11.9 Å². The van der Waals surface area contributed by atoms with E-state index in [4.69, 9.17) is 11.5 Å². The molecule has 5 N–H and O–H groups in total. The normalized spacial score (nSPS) is 11.7. The highest BCUT2D eigenvalue weighted by molar-refractivity contribution is 5.86. The zero-order chi connectivity index (χ0) is 10.6. The Kier molecular flexibility index (Phi) is 3.01. The number of nitrogens with one attached hydrogen (secondary N) is 1. The van der Waals surface area contributed by atoms with Gasteiger partial charge in [-0.1, -0.05) is 0 Å². The van der Waals surface area contributed by atoms with Gasteiger partial charge in [-0.3, -0.25) is 9.78 Å². The van der Waals surface area contributed by atoms with E-state index in [1.807, 2.05) is 0 Å². The molecule has 0 aliphatic heterocycles. The molecule has 0 spiro atoms. The van der Waals surface area contributed by atoms with Gasteiger partial charge in [0.1, 0.15) is 6.04 Å². The Balaban J connectivity index is 2.89. The third kappa shape index (κ3) is 2.44. The lowest BCUT2D eigenvalue weighted by atomic mass is 10.1. The van der Waals surface area contributed by atoms with Crippen LogP contribution >= 0.6 is 0 Å². The first-order valence-corrected chi connectivity index (χ1v) is 3.86. The predicted octanol–water partition coefficient (Wildman–Crippen LogP) is -0.724. The molecular formula is C8H10N4O2. The number of nitrogens with zero attached hydrogens (tertiary/aromatic N) is 1. The maximum atomic E-state index is 11.0. The van der Waals surface area contributed by atoms with Gasteiger partial charge in [-0.15, -0.1) is 0 Å². The molecule has 14 heavy (non-hydrogen) atoms. The zero-order valence-electron chi connectivity index (χ0n) is 7.31. The molecule has 1 aromatic rings. The van der Waals surface area contributed by atoms with Gasteiger partial charge in [0.05, 0.1) is 0 Å². The molecule has 0 fully saturated rings. The number of carbonyl (C=O) groups excluding carboxylic acids is 2. The van der Waals surface area contributed by atoms with E-state index in [2.05, 4.69) is 10.3 Å². The lowest BCUT2D eigenvalue weighted by Gasteiger charge is -2.13. The molecule has 3 amide bonds. The van der Waals surface area contributed by atoms with Crippen LogP contribution in [0.3, 0.4) is 0 Å². The van der Waals surface area contributed by atoms with Crippen LogP contribution in [0.4, 0.5) is 4.79 Å². The molecule has 0 radical (unpaired) electrons. The van der Waals surface area contributed by atoms with Gasteiger partial charge in [-0.25, -0.2) is 4.79 Å². The predicted molar refractivity (Wildman–Crippen MR) is 48.9 cm³/mol. The molecule has 0 saturated carbocycles. The van der Waals surface area contributed by atoms with E-state index in [9.17, 15) is 9.59 Å². The highest BCUT2D eigenvalue weighted by Crippen LogP contribution is 2.09. The SMILES string of the molecule is NC(=O)N[C@H](C(N)=O)c1ccncc1. The van der Waals surface area contributed by atoms with Crippen molar-refractivity contribution in [3.05, 3.63) is 30.1 Å². The quantitative estimate of drug-likeness (QED) is 0.590. The van der Waals surface area contributed by atoms with E-state index >= 15 is 0 Å². The van der Waals surface area contributed by atoms with E-state index in [0.29, 0.717) is 5.56 Å². The summed E-state index contributed by atoms with van der Waals surface area (Å²) in [6, 6.07) is 1.44. The number of pyridine rings is 1. The van der Waals surface area contributed by atoms with Crippen molar-refractivity contribution in [1.29, 1.82) is 0 Å². The molecule has 0 aromatic carbocycles. The molecule has 1 rings (SSSR count). The Bertz CT molecular complexity index is 338. The van der Waals surface area contributed by atoms with Crippen molar-refractivity contribution in [2.45, 2.75) is 6.04 Å². The number of nitrogens with two attached hydrogens (primary N) is 2. The van der Waals surface area contributed by atoms with Gasteiger partial charge in [0.15, 0.2) is 0 Å². The van der Waals surface area contributed by atoms with Crippen molar-refractivity contribution < 1.29 is 9.59 Å². The Morgan fingerprint density at radius 2 is 1.86 bits per heavy atom.